The van der Waals surface area contributed by atoms with E-state index < -0.39 is 10.8 Å². The van der Waals surface area contributed by atoms with Crippen LogP contribution in [0.5, 0.6) is 5.75 Å². The van der Waals surface area contributed by atoms with Gasteiger partial charge in [0.25, 0.3) is 11.6 Å². The van der Waals surface area contributed by atoms with Crippen LogP contribution in [0.15, 0.2) is 36.4 Å². The average Bonchev–Trinajstić information content (AvgIpc) is 2.50. The Morgan fingerprint density at radius 2 is 1.78 bits per heavy atom. The van der Waals surface area contributed by atoms with E-state index in [1.807, 2.05) is 0 Å². The van der Waals surface area contributed by atoms with Crippen LogP contribution in [0.4, 0.5) is 11.4 Å². The van der Waals surface area contributed by atoms with Crippen LogP contribution in [-0.4, -0.2) is 17.4 Å². The minimum atomic E-state index is -0.635. The molecule has 6 nitrogen and oxygen atoms in total. The minimum Gasteiger partial charge on any atom is -0.484 e. The molecule has 2 aromatic rings. The zero-order chi connectivity index (χ0) is 17.0. The first-order valence-corrected chi connectivity index (χ1v) is 7.32. The van der Waals surface area contributed by atoms with Crippen molar-refractivity contribution in [1.82, 2.24) is 0 Å². The van der Waals surface area contributed by atoms with Crippen molar-refractivity contribution in [2.75, 3.05) is 11.9 Å². The van der Waals surface area contributed by atoms with E-state index in [9.17, 15) is 14.9 Å². The summed E-state index contributed by atoms with van der Waals surface area (Å²) in [6.07, 6.45) is 0. The Bertz CT molecular complexity index is 768. The molecule has 2 rings (SSSR count). The highest BCUT2D eigenvalue weighted by Gasteiger charge is 2.14. The lowest BCUT2D eigenvalue weighted by atomic mass is 10.3. The van der Waals surface area contributed by atoms with Crippen molar-refractivity contribution in [1.29, 1.82) is 0 Å². The minimum absolute atomic E-state index is 0.0138. The number of benzene rings is 2. The number of nitrogens with zero attached hydrogens (tertiary/aromatic N) is 1. The molecule has 0 unspecified atom stereocenters. The summed E-state index contributed by atoms with van der Waals surface area (Å²) < 4.78 is 5.26. The van der Waals surface area contributed by atoms with Crippen molar-refractivity contribution >= 4 is 52.1 Å². The van der Waals surface area contributed by atoms with E-state index in [1.165, 1.54) is 24.3 Å². The molecule has 0 saturated carbocycles. The summed E-state index contributed by atoms with van der Waals surface area (Å²) in [5.41, 5.74) is -0.0568. The van der Waals surface area contributed by atoms with E-state index in [1.54, 1.807) is 12.1 Å². The quantitative estimate of drug-likeness (QED) is 0.613. The number of ether oxygens (including phenoxy) is 1. The molecule has 0 heterocycles. The molecule has 120 valence electrons. The standard InChI is InChI=1S/C14H9Cl3N2O4/c15-10-4-2-9(6-12(10)17)23-7-14(20)18-8-1-3-11(16)13(5-8)19(21)22/h1-6H,7H2,(H,18,20). The van der Waals surface area contributed by atoms with E-state index in [0.29, 0.717) is 15.8 Å². The third-order valence-electron chi connectivity index (χ3n) is 2.69. The first-order chi connectivity index (χ1) is 10.9. The summed E-state index contributed by atoms with van der Waals surface area (Å²) >= 11 is 17.3. The van der Waals surface area contributed by atoms with Crippen LogP contribution in [0, 0.1) is 10.1 Å². The summed E-state index contributed by atoms with van der Waals surface area (Å²) in [5, 5.41) is 13.9. The molecular weight excluding hydrogens is 367 g/mol. The van der Waals surface area contributed by atoms with Gasteiger partial charge in [-0.3, -0.25) is 14.9 Å². The summed E-state index contributed by atoms with van der Waals surface area (Å²) in [7, 11) is 0. The van der Waals surface area contributed by atoms with Crippen molar-refractivity contribution in [3.63, 3.8) is 0 Å². The number of nitro groups is 1. The largest absolute Gasteiger partial charge is 0.484 e. The highest BCUT2D eigenvalue weighted by molar-refractivity contribution is 6.42. The molecule has 0 spiro atoms. The molecule has 9 heteroatoms. The van der Waals surface area contributed by atoms with E-state index in [4.69, 9.17) is 39.5 Å². The Labute approximate surface area is 146 Å². The number of carbonyl (C=O) groups excluding carboxylic acids is 1. The summed E-state index contributed by atoms with van der Waals surface area (Å²) in [6.45, 7) is -0.297. The molecule has 0 aliphatic heterocycles. The second-order valence-corrected chi connectivity index (χ2v) is 5.56. The number of carbonyl (C=O) groups is 1. The van der Waals surface area contributed by atoms with Gasteiger partial charge in [0, 0.05) is 17.8 Å². The van der Waals surface area contributed by atoms with Crippen molar-refractivity contribution in [2.24, 2.45) is 0 Å². The third-order valence-corrected chi connectivity index (χ3v) is 3.75. The van der Waals surface area contributed by atoms with Crippen LogP contribution >= 0.6 is 34.8 Å². The second kappa shape index (κ2) is 7.50. The van der Waals surface area contributed by atoms with Crippen LogP contribution in [0.25, 0.3) is 0 Å². The van der Waals surface area contributed by atoms with Gasteiger partial charge in [-0.15, -0.1) is 0 Å². The summed E-state index contributed by atoms with van der Waals surface area (Å²) in [5.74, 6) is -0.121. The lowest BCUT2D eigenvalue weighted by molar-refractivity contribution is -0.384. The van der Waals surface area contributed by atoms with Gasteiger partial charge in [-0.25, -0.2) is 0 Å². The van der Waals surface area contributed by atoms with Crippen molar-refractivity contribution in [2.45, 2.75) is 0 Å². The molecule has 0 aliphatic rings. The SMILES string of the molecule is O=C(COc1ccc(Cl)c(Cl)c1)Nc1ccc(Cl)c([N+](=O)[O-])c1. The number of amides is 1. The van der Waals surface area contributed by atoms with Gasteiger partial charge in [0.1, 0.15) is 10.8 Å². The van der Waals surface area contributed by atoms with Gasteiger partial charge in [-0.1, -0.05) is 34.8 Å². The van der Waals surface area contributed by atoms with Gasteiger partial charge in [-0.2, -0.15) is 0 Å². The number of nitrogens with one attached hydrogen (secondary N) is 1. The molecule has 0 radical (unpaired) electrons. The lowest BCUT2D eigenvalue weighted by Gasteiger charge is -2.08. The lowest BCUT2D eigenvalue weighted by Crippen LogP contribution is -2.20. The average molecular weight is 376 g/mol. The fraction of sp³-hybridized carbons (Fsp3) is 0.0714. The molecule has 23 heavy (non-hydrogen) atoms. The van der Waals surface area contributed by atoms with Crippen LogP contribution in [-0.2, 0) is 4.79 Å². The molecule has 0 fully saturated rings. The number of hydrogen-bond donors (Lipinski definition) is 1. The fourth-order valence-corrected chi connectivity index (χ4v) is 2.12. The van der Waals surface area contributed by atoms with E-state index in [0.717, 1.165) is 0 Å². The maximum atomic E-state index is 11.8. The highest BCUT2D eigenvalue weighted by atomic mass is 35.5. The molecule has 1 N–H and O–H groups in total. The molecule has 2 aromatic carbocycles. The van der Waals surface area contributed by atoms with Gasteiger partial charge in [0.05, 0.1) is 15.0 Å². The summed E-state index contributed by atoms with van der Waals surface area (Å²) in [4.78, 5) is 22.0. The normalized spacial score (nSPS) is 10.2. The van der Waals surface area contributed by atoms with Gasteiger partial charge in [0.2, 0.25) is 0 Å². The Balaban J connectivity index is 1.98. The Morgan fingerprint density at radius 1 is 1.09 bits per heavy atom. The predicted molar refractivity (Wildman–Crippen MR) is 88.7 cm³/mol. The van der Waals surface area contributed by atoms with Crippen LogP contribution < -0.4 is 10.1 Å². The molecule has 0 bridgehead atoms. The van der Waals surface area contributed by atoms with E-state index >= 15 is 0 Å². The van der Waals surface area contributed by atoms with E-state index in [2.05, 4.69) is 5.32 Å². The smallest absolute Gasteiger partial charge is 0.289 e. The molecule has 0 aromatic heterocycles. The molecule has 0 saturated heterocycles. The monoisotopic (exact) mass is 374 g/mol. The van der Waals surface area contributed by atoms with Crippen LogP contribution in [0.1, 0.15) is 0 Å². The van der Waals surface area contributed by atoms with Crippen LogP contribution in [0.3, 0.4) is 0 Å². The molecule has 1 amide bonds. The number of nitro benzene ring substituents is 1. The Kier molecular flexibility index (Phi) is 5.65. The zero-order valence-electron chi connectivity index (χ0n) is 11.4. The predicted octanol–water partition coefficient (Wildman–Crippen LogP) is 4.57. The zero-order valence-corrected chi connectivity index (χ0v) is 13.7. The maximum absolute atomic E-state index is 11.8. The molecular formula is C14H9Cl3N2O4. The molecule has 0 atom stereocenters. The third kappa shape index (κ3) is 4.72. The van der Waals surface area contributed by atoms with Crippen LogP contribution in [0.2, 0.25) is 15.1 Å². The first kappa shape index (κ1) is 17.3. The number of hydrogen-bond acceptors (Lipinski definition) is 4. The Hall–Kier alpha value is -2.02. The van der Waals surface area contributed by atoms with Crippen molar-refractivity contribution in [3.05, 3.63) is 61.6 Å². The second-order valence-electron chi connectivity index (χ2n) is 4.34. The fourth-order valence-electron chi connectivity index (χ4n) is 1.64. The van der Waals surface area contributed by atoms with Crippen molar-refractivity contribution < 1.29 is 14.5 Å². The summed E-state index contributed by atoms with van der Waals surface area (Å²) in [6, 6.07) is 8.53. The maximum Gasteiger partial charge on any atom is 0.289 e. The topological polar surface area (TPSA) is 81.5 Å². The number of anilines is 1. The number of rotatable bonds is 5. The van der Waals surface area contributed by atoms with Gasteiger partial charge in [0.15, 0.2) is 6.61 Å². The molecule has 0 aliphatic carbocycles. The van der Waals surface area contributed by atoms with Gasteiger partial charge in [-0.05, 0) is 24.3 Å². The first-order valence-electron chi connectivity index (χ1n) is 6.18. The van der Waals surface area contributed by atoms with Gasteiger partial charge < -0.3 is 10.1 Å². The van der Waals surface area contributed by atoms with E-state index in [-0.39, 0.29) is 23.0 Å². The van der Waals surface area contributed by atoms with Gasteiger partial charge >= 0.3 is 0 Å². The highest BCUT2D eigenvalue weighted by Crippen LogP contribution is 2.28. The number of halogens is 3. The van der Waals surface area contributed by atoms with Crippen molar-refractivity contribution in [3.8, 4) is 5.75 Å². The Morgan fingerprint density at radius 3 is 2.43 bits per heavy atom.